The first kappa shape index (κ1) is 21.1. The van der Waals surface area contributed by atoms with E-state index in [1.54, 1.807) is 0 Å². The molecule has 24 heavy (non-hydrogen) atoms. The van der Waals surface area contributed by atoms with Crippen LogP contribution < -0.4 is 0 Å². The van der Waals surface area contributed by atoms with Crippen molar-refractivity contribution < 1.29 is 14.6 Å². The molecule has 3 nitrogen and oxygen atoms in total. The predicted molar refractivity (Wildman–Crippen MR) is 104 cm³/mol. The number of hydrogen-bond acceptors (Lipinski definition) is 3. The van der Waals surface area contributed by atoms with Crippen LogP contribution in [0.1, 0.15) is 31.9 Å². The average molecular weight is 351 g/mol. The number of aliphatic hydroxyl groups is 1. The second-order valence-corrected chi connectivity index (χ2v) is 13.6. The van der Waals surface area contributed by atoms with Gasteiger partial charge in [0.1, 0.15) is 6.79 Å². The van der Waals surface area contributed by atoms with Crippen molar-refractivity contribution in [2.45, 2.75) is 58.2 Å². The Hall–Kier alpha value is -0.943. The quantitative estimate of drug-likeness (QED) is 0.263. The van der Waals surface area contributed by atoms with Crippen molar-refractivity contribution in [3.63, 3.8) is 0 Å². The van der Waals surface area contributed by atoms with Crippen molar-refractivity contribution in [1.29, 1.82) is 0 Å². The Morgan fingerprint density at radius 3 is 2.33 bits per heavy atom. The van der Waals surface area contributed by atoms with Crippen molar-refractivity contribution in [3.8, 4) is 0 Å². The van der Waals surface area contributed by atoms with Gasteiger partial charge in [0, 0.05) is 21.1 Å². The standard InChI is InChI=1S/C20H34O3Si/c1-16(2)20(23-15-22-12-13-24(4,5)6)17(3)14-19(21)18-10-8-7-9-11-18/h7-11,16,19-21H,3,12-15H2,1-2,4-6H3/t19-,20+/m1/s1. The minimum atomic E-state index is -1.07. The first-order valence-corrected chi connectivity index (χ1v) is 12.5. The maximum Gasteiger partial charge on any atom is 0.147 e. The topological polar surface area (TPSA) is 38.7 Å². The molecule has 0 saturated heterocycles. The Balaban J connectivity index is 2.45. The Bertz CT molecular complexity index is 479. The molecule has 4 heteroatoms. The van der Waals surface area contributed by atoms with E-state index in [1.165, 1.54) is 0 Å². The molecule has 0 fully saturated rings. The van der Waals surface area contributed by atoms with Crippen LogP contribution in [0.25, 0.3) is 0 Å². The molecule has 1 N–H and O–H groups in total. The first-order chi connectivity index (χ1) is 11.2. The lowest BCUT2D eigenvalue weighted by Gasteiger charge is -2.25. The third-order valence-corrected chi connectivity index (χ3v) is 5.68. The van der Waals surface area contributed by atoms with Crippen LogP contribution in [-0.4, -0.2) is 32.7 Å². The summed E-state index contributed by atoms with van der Waals surface area (Å²) < 4.78 is 11.5. The molecule has 136 valence electrons. The van der Waals surface area contributed by atoms with Crippen LogP contribution in [0.3, 0.4) is 0 Å². The van der Waals surface area contributed by atoms with Crippen LogP contribution in [0.15, 0.2) is 42.5 Å². The maximum absolute atomic E-state index is 10.4. The van der Waals surface area contributed by atoms with Crippen LogP contribution in [0.5, 0.6) is 0 Å². The minimum Gasteiger partial charge on any atom is -0.388 e. The number of hydrogen-bond donors (Lipinski definition) is 1. The lowest BCUT2D eigenvalue weighted by Crippen LogP contribution is -2.26. The van der Waals surface area contributed by atoms with Gasteiger partial charge in [-0.2, -0.15) is 0 Å². The van der Waals surface area contributed by atoms with Gasteiger partial charge in [0.05, 0.1) is 12.2 Å². The molecule has 0 aliphatic rings. The van der Waals surface area contributed by atoms with Crippen LogP contribution >= 0.6 is 0 Å². The van der Waals surface area contributed by atoms with E-state index in [2.05, 4.69) is 40.1 Å². The fourth-order valence-electron chi connectivity index (χ4n) is 2.50. The molecule has 2 atom stereocenters. The molecule has 0 heterocycles. The van der Waals surface area contributed by atoms with Gasteiger partial charge in [0.25, 0.3) is 0 Å². The summed E-state index contributed by atoms with van der Waals surface area (Å²) >= 11 is 0. The Morgan fingerprint density at radius 2 is 1.79 bits per heavy atom. The highest BCUT2D eigenvalue weighted by Crippen LogP contribution is 2.26. The molecule has 0 amide bonds. The SMILES string of the molecule is C=C(C[C@@H](O)c1ccccc1)[C@@H](OCOCC[Si](C)(C)C)C(C)C. The molecule has 0 aliphatic heterocycles. The summed E-state index contributed by atoms with van der Waals surface area (Å²) in [5.41, 5.74) is 1.82. The molecule has 0 saturated carbocycles. The summed E-state index contributed by atoms with van der Waals surface area (Å²) in [5.74, 6) is 0.293. The van der Waals surface area contributed by atoms with E-state index in [4.69, 9.17) is 9.47 Å². The first-order valence-electron chi connectivity index (χ1n) is 8.80. The van der Waals surface area contributed by atoms with E-state index in [-0.39, 0.29) is 12.9 Å². The summed E-state index contributed by atoms with van der Waals surface area (Å²) in [5, 5.41) is 10.4. The smallest absolute Gasteiger partial charge is 0.147 e. The largest absolute Gasteiger partial charge is 0.388 e. The van der Waals surface area contributed by atoms with Gasteiger partial charge in [-0.3, -0.25) is 0 Å². The van der Waals surface area contributed by atoms with Crippen LogP contribution in [-0.2, 0) is 9.47 Å². The van der Waals surface area contributed by atoms with Crippen molar-refractivity contribution in [1.82, 2.24) is 0 Å². The highest BCUT2D eigenvalue weighted by Gasteiger charge is 2.21. The third-order valence-electron chi connectivity index (χ3n) is 3.98. The fraction of sp³-hybridized carbons (Fsp3) is 0.600. The van der Waals surface area contributed by atoms with E-state index in [9.17, 15) is 5.11 Å². The van der Waals surface area contributed by atoms with Gasteiger partial charge < -0.3 is 14.6 Å². The number of ether oxygens (including phenoxy) is 2. The monoisotopic (exact) mass is 350 g/mol. The highest BCUT2D eigenvalue weighted by molar-refractivity contribution is 6.76. The number of rotatable bonds is 11. The highest BCUT2D eigenvalue weighted by atomic mass is 28.3. The van der Waals surface area contributed by atoms with E-state index >= 15 is 0 Å². The summed E-state index contributed by atoms with van der Waals surface area (Å²) in [6.45, 7) is 16.4. The molecule has 0 aliphatic carbocycles. The van der Waals surface area contributed by atoms with E-state index in [0.29, 0.717) is 12.3 Å². The van der Waals surface area contributed by atoms with E-state index < -0.39 is 14.2 Å². The van der Waals surface area contributed by atoms with Gasteiger partial charge in [0.2, 0.25) is 0 Å². The van der Waals surface area contributed by atoms with Gasteiger partial charge in [-0.25, -0.2) is 0 Å². The van der Waals surface area contributed by atoms with Gasteiger partial charge in [-0.05, 0) is 23.1 Å². The lowest BCUT2D eigenvalue weighted by atomic mass is 9.93. The summed E-state index contributed by atoms with van der Waals surface area (Å²) in [6.07, 6.45) is -0.145. The molecular weight excluding hydrogens is 316 g/mol. The van der Waals surface area contributed by atoms with Gasteiger partial charge >= 0.3 is 0 Å². The fourth-order valence-corrected chi connectivity index (χ4v) is 3.25. The molecule has 1 aromatic rings. The Kier molecular flexibility index (Phi) is 8.91. The molecule has 1 aromatic carbocycles. The van der Waals surface area contributed by atoms with E-state index in [1.807, 2.05) is 30.3 Å². The van der Waals surface area contributed by atoms with Crippen molar-refractivity contribution in [3.05, 3.63) is 48.0 Å². The summed E-state index contributed by atoms with van der Waals surface area (Å²) in [6, 6.07) is 10.8. The molecule has 1 rings (SSSR count). The van der Waals surface area contributed by atoms with E-state index in [0.717, 1.165) is 23.8 Å². The van der Waals surface area contributed by atoms with Crippen LogP contribution in [0.2, 0.25) is 25.7 Å². The van der Waals surface area contributed by atoms with Gasteiger partial charge in [0.15, 0.2) is 0 Å². The molecule has 0 radical (unpaired) electrons. The summed E-state index contributed by atoms with van der Waals surface area (Å²) in [4.78, 5) is 0. The molecule has 0 spiro atoms. The second-order valence-electron chi connectivity index (χ2n) is 7.96. The predicted octanol–water partition coefficient (Wildman–Crippen LogP) is 5.02. The maximum atomic E-state index is 10.4. The second kappa shape index (κ2) is 10.1. The molecule has 0 aromatic heterocycles. The van der Waals surface area contributed by atoms with Crippen LogP contribution in [0, 0.1) is 5.92 Å². The summed E-state index contributed by atoms with van der Waals surface area (Å²) in [7, 11) is -1.07. The normalized spacial score (nSPS) is 14.6. The minimum absolute atomic E-state index is 0.102. The zero-order valence-electron chi connectivity index (χ0n) is 15.9. The Labute approximate surface area is 148 Å². The van der Waals surface area contributed by atoms with Crippen molar-refractivity contribution in [2.75, 3.05) is 13.4 Å². The third kappa shape index (κ3) is 8.24. The zero-order valence-corrected chi connectivity index (χ0v) is 16.9. The molecule has 0 unspecified atom stereocenters. The molecular formula is C20H34O3Si. The van der Waals surface area contributed by atoms with Gasteiger partial charge in [-0.15, -0.1) is 0 Å². The van der Waals surface area contributed by atoms with Crippen molar-refractivity contribution in [2.24, 2.45) is 5.92 Å². The number of aliphatic hydroxyl groups excluding tert-OH is 1. The Morgan fingerprint density at radius 1 is 1.17 bits per heavy atom. The average Bonchev–Trinajstić information content (AvgIpc) is 2.50. The zero-order chi connectivity index (χ0) is 18.2. The molecule has 0 bridgehead atoms. The van der Waals surface area contributed by atoms with Crippen LogP contribution in [0.4, 0.5) is 0 Å². The van der Waals surface area contributed by atoms with Crippen molar-refractivity contribution >= 4 is 8.07 Å². The lowest BCUT2D eigenvalue weighted by molar-refractivity contribution is -0.0887. The number of benzene rings is 1. The van der Waals surface area contributed by atoms with Gasteiger partial charge in [-0.1, -0.05) is 70.4 Å².